The van der Waals surface area contributed by atoms with Crippen molar-refractivity contribution >= 4 is 28.0 Å². The largest absolute Gasteiger partial charge is 0.388 e. The van der Waals surface area contributed by atoms with Gasteiger partial charge in [-0.3, -0.25) is 4.98 Å². The lowest BCUT2D eigenvalue weighted by atomic mass is 9.91. The van der Waals surface area contributed by atoms with Crippen LogP contribution in [0.4, 0.5) is 5.69 Å². The summed E-state index contributed by atoms with van der Waals surface area (Å²) in [4.78, 5) is 16.9. The van der Waals surface area contributed by atoms with Gasteiger partial charge in [-0.1, -0.05) is 52.7 Å². The molecule has 3 aromatic heterocycles. The first-order valence-corrected chi connectivity index (χ1v) is 13.4. The lowest BCUT2D eigenvalue weighted by molar-refractivity contribution is 0.403. The van der Waals surface area contributed by atoms with Gasteiger partial charge in [-0.15, -0.1) is 0 Å². The van der Waals surface area contributed by atoms with Gasteiger partial charge in [-0.25, -0.2) is 9.97 Å². The van der Waals surface area contributed by atoms with E-state index < -0.39 is 0 Å². The molecule has 3 heterocycles. The van der Waals surface area contributed by atoms with Crippen molar-refractivity contribution in [2.45, 2.75) is 34.1 Å². The van der Waals surface area contributed by atoms with E-state index in [9.17, 15) is 0 Å². The molecule has 204 valence electrons. The van der Waals surface area contributed by atoms with E-state index in [0.717, 1.165) is 62.4 Å². The SMILES string of the molecule is C=C/C(=C\C(=C/C)c1ccc(NC)c(C(=C)c2nc3nccc(-c4ccncc4)c3[nH]2)c1)NC(=C)CC(C)(C)C. The van der Waals surface area contributed by atoms with E-state index in [-0.39, 0.29) is 5.41 Å². The minimum absolute atomic E-state index is 0.142. The Labute approximate surface area is 237 Å². The lowest BCUT2D eigenvalue weighted by Gasteiger charge is -2.21. The molecule has 0 unspecified atom stereocenters. The minimum Gasteiger partial charge on any atom is -0.388 e. The molecule has 0 bridgehead atoms. The average molecular weight is 531 g/mol. The Balaban J connectivity index is 1.69. The smallest absolute Gasteiger partial charge is 0.178 e. The number of aromatic amines is 1. The van der Waals surface area contributed by atoms with Crippen LogP contribution in [0, 0.1) is 5.41 Å². The van der Waals surface area contributed by atoms with Gasteiger partial charge in [0.2, 0.25) is 0 Å². The molecule has 0 radical (unpaired) electrons. The Bertz CT molecular complexity index is 1610. The number of nitrogens with zero attached hydrogens (tertiary/aromatic N) is 3. The van der Waals surface area contributed by atoms with Crippen LogP contribution in [0.2, 0.25) is 0 Å². The molecular formula is C34H38N6. The van der Waals surface area contributed by atoms with Crippen LogP contribution in [0.1, 0.15) is 51.1 Å². The van der Waals surface area contributed by atoms with Crippen molar-refractivity contribution in [1.82, 2.24) is 25.3 Å². The number of hydrogen-bond acceptors (Lipinski definition) is 5. The number of H-pyrrole nitrogens is 1. The number of benzene rings is 1. The van der Waals surface area contributed by atoms with E-state index >= 15 is 0 Å². The molecule has 0 aliphatic heterocycles. The van der Waals surface area contributed by atoms with Gasteiger partial charge in [-0.05, 0) is 77.9 Å². The van der Waals surface area contributed by atoms with E-state index in [4.69, 9.17) is 4.98 Å². The second-order valence-corrected chi connectivity index (χ2v) is 10.9. The van der Waals surface area contributed by atoms with Crippen molar-refractivity contribution in [3.05, 3.63) is 121 Å². The molecule has 40 heavy (non-hydrogen) atoms. The zero-order valence-corrected chi connectivity index (χ0v) is 24.1. The molecule has 0 saturated heterocycles. The van der Waals surface area contributed by atoms with E-state index in [1.165, 1.54) is 0 Å². The number of allylic oxidation sites excluding steroid dienone is 5. The summed E-state index contributed by atoms with van der Waals surface area (Å²) in [7, 11) is 1.91. The first-order valence-electron chi connectivity index (χ1n) is 13.4. The van der Waals surface area contributed by atoms with E-state index in [0.29, 0.717) is 11.5 Å². The first kappa shape index (κ1) is 28.3. The summed E-state index contributed by atoms with van der Waals surface area (Å²) in [5, 5.41) is 6.73. The zero-order valence-electron chi connectivity index (χ0n) is 24.1. The highest BCUT2D eigenvalue weighted by Gasteiger charge is 2.17. The Morgan fingerprint density at radius 1 is 1.05 bits per heavy atom. The third-order valence-corrected chi connectivity index (χ3v) is 6.52. The zero-order chi connectivity index (χ0) is 28.9. The molecule has 6 nitrogen and oxygen atoms in total. The van der Waals surface area contributed by atoms with Gasteiger partial charge in [0.15, 0.2) is 5.65 Å². The molecule has 4 aromatic rings. The molecule has 0 aliphatic carbocycles. The fourth-order valence-electron chi connectivity index (χ4n) is 4.68. The van der Waals surface area contributed by atoms with Gasteiger partial charge < -0.3 is 15.6 Å². The second-order valence-electron chi connectivity index (χ2n) is 10.9. The summed E-state index contributed by atoms with van der Waals surface area (Å²) in [6, 6.07) is 12.2. The number of anilines is 1. The fourth-order valence-corrected chi connectivity index (χ4v) is 4.68. The quantitative estimate of drug-likeness (QED) is 0.180. The monoisotopic (exact) mass is 530 g/mol. The van der Waals surface area contributed by atoms with Crippen molar-refractivity contribution in [2.75, 3.05) is 12.4 Å². The van der Waals surface area contributed by atoms with Crippen molar-refractivity contribution in [1.29, 1.82) is 0 Å². The van der Waals surface area contributed by atoms with Gasteiger partial charge in [-0.2, -0.15) is 0 Å². The van der Waals surface area contributed by atoms with Crippen molar-refractivity contribution in [3.8, 4) is 11.1 Å². The average Bonchev–Trinajstić information content (AvgIpc) is 3.38. The highest BCUT2D eigenvalue weighted by Crippen LogP contribution is 2.33. The van der Waals surface area contributed by atoms with Crippen LogP contribution in [0.15, 0.2) is 104 Å². The fraction of sp³-hybridized carbons (Fsp3) is 0.206. The van der Waals surface area contributed by atoms with Crippen LogP contribution in [-0.4, -0.2) is 27.0 Å². The summed E-state index contributed by atoms with van der Waals surface area (Å²) >= 11 is 0. The van der Waals surface area contributed by atoms with Gasteiger partial charge in [0, 0.05) is 59.4 Å². The maximum absolute atomic E-state index is 4.80. The molecule has 3 N–H and O–H groups in total. The molecule has 0 saturated carbocycles. The number of imidazole rings is 1. The second kappa shape index (κ2) is 12.0. The van der Waals surface area contributed by atoms with Crippen LogP contribution in [0.5, 0.6) is 0 Å². The Hall–Kier alpha value is -4.71. The molecule has 0 spiro atoms. The van der Waals surface area contributed by atoms with E-state index in [2.05, 4.69) is 96.4 Å². The third kappa shape index (κ3) is 6.46. The maximum atomic E-state index is 4.80. The predicted octanol–water partition coefficient (Wildman–Crippen LogP) is 8.14. The number of pyridine rings is 2. The summed E-state index contributed by atoms with van der Waals surface area (Å²) in [6.45, 7) is 21.3. The summed E-state index contributed by atoms with van der Waals surface area (Å²) < 4.78 is 0. The molecule has 1 aromatic carbocycles. The van der Waals surface area contributed by atoms with E-state index in [1.54, 1.807) is 18.6 Å². The third-order valence-electron chi connectivity index (χ3n) is 6.52. The minimum atomic E-state index is 0.142. The number of rotatable bonds is 10. The normalized spacial score (nSPS) is 12.3. The summed E-state index contributed by atoms with van der Waals surface area (Å²) in [6.07, 6.45) is 12.2. The molecule has 0 amide bonds. The van der Waals surface area contributed by atoms with Gasteiger partial charge in [0.25, 0.3) is 0 Å². The van der Waals surface area contributed by atoms with Gasteiger partial charge >= 0.3 is 0 Å². The molecule has 4 rings (SSSR count). The van der Waals surface area contributed by atoms with Gasteiger partial charge in [0.05, 0.1) is 5.52 Å². The van der Waals surface area contributed by atoms with Crippen LogP contribution < -0.4 is 10.6 Å². The Morgan fingerprint density at radius 2 is 1.80 bits per heavy atom. The predicted molar refractivity (Wildman–Crippen MR) is 170 cm³/mol. The van der Waals surface area contributed by atoms with Crippen LogP contribution in [0.25, 0.3) is 33.4 Å². The Morgan fingerprint density at radius 3 is 2.45 bits per heavy atom. The number of aromatic nitrogens is 4. The van der Waals surface area contributed by atoms with E-state index in [1.807, 2.05) is 38.2 Å². The Kier molecular flexibility index (Phi) is 8.49. The lowest BCUT2D eigenvalue weighted by Crippen LogP contribution is -2.16. The van der Waals surface area contributed by atoms with Crippen LogP contribution in [0.3, 0.4) is 0 Å². The van der Waals surface area contributed by atoms with Gasteiger partial charge in [0.1, 0.15) is 5.82 Å². The number of nitrogens with one attached hydrogen (secondary N) is 3. The van der Waals surface area contributed by atoms with Crippen molar-refractivity contribution in [2.24, 2.45) is 5.41 Å². The standard InChI is InChI=1S/C34H38N6/c1-9-24(19-27(10-2)38-22(3)21-34(5,6)7)26-11-12-30(35-8)29(20-26)23(4)32-39-31-28(15-18-37-33(31)40-32)25-13-16-36-17-14-25/h9-20,35,38H,2-4,21H2,1,5-8H3,(H,37,39,40)/b24-9+,27-19+. The molecule has 0 aliphatic rings. The molecule has 0 atom stereocenters. The molecule has 6 heteroatoms. The molecule has 0 fully saturated rings. The topological polar surface area (TPSA) is 78.5 Å². The number of fused-ring (bicyclic) bond motifs is 1. The summed E-state index contributed by atoms with van der Waals surface area (Å²) in [5.74, 6) is 0.669. The van der Waals surface area contributed by atoms with Crippen molar-refractivity contribution < 1.29 is 0 Å². The maximum Gasteiger partial charge on any atom is 0.178 e. The highest BCUT2D eigenvalue weighted by atomic mass is 15.0. The van der Waals surface area contributed by atoms with Crippen LogP contribution in [-0.2, 0) is 0 Å². The summed E-state index contributed by atoms with van der Waals surface area (Å²) in [5.41, 5.74) is 10.3. The van der Waals surface area contributed by atoms with Crippen molar-refractivity contribution in [3.63, 3.8) is 0 Å². The highest BCUT2D eigenvalue weighted by molar-refractivity contribution is 5.93. The molecular weight excluding hydrogens is 492 g/mol. The number of hydrogen-bond donors (Lipinski definition) is 3. The first-order chi connectivity index (χ1) is 19.1. The van der Waals surface area contributed by atoms with Crippen LogP contribution >= 0.6 is 0 Å².